The summed E-state index contributed by atoms with van der Waals surface area (Å²) in [5.74, 6) is 7.00. The summed E-state index contributed by atoms with van der Waals surface area (Å²) < 4.78 is 5.53. The monoisotopic (exact) mass is 828 g/mol. The van der Waals surface area contributed by atoms with Crippen molar-refractivity contribution >= 4 is 23.6 Å². The molecule has 0 unspecified atom stereocenters. The van der Waals surface area contributed by atoms with Crippen LogP contribution in [0.15, 0.2) is 71.5 Å². The number of Topliss-reactive ketones (excluding diaryl/α,β-unsaturated/α-hetero) is 2. The molecular weight excluding hydrogens is 763 g/mol. The van der Waals surface area contributed by atoms with Gasteiger partial charge in [0, 0.05) is 30.4 Å². The van der Waals surface area contributed by atoms with E-state index in [1.165, 1.54) is 7.11 Å². The number of nitrogen functional groups attached to an aromatic ring is 1. The molecule has 0 saturated heterocycles. The van der Waals surface area contributed by atoms with E-state index >= 15 is 0 Å². The van der Waals surface area contributed by atoms with Gasteiger partial charge in [0.2, 0.25) is 0 Å². The van der Waals surface area contributed by atoms with Crippen LogP contribution in [0.2, 0.25) is 0 Å². The van der Waals surface area contributed by atoms with Crippen molar-refractivity contribution in [2.75, 3.05) is 12.8 Å². The standard InChI is InChI=1S/C52H65N3O6/c1-7-10-42(47(57)28-40-25-39(30-55-40)32(4)5)38-23-34(21-33-19-20-54-50(53)24-33)22-36-15-17-43(41-12-9-8-11-35(41)14-13-31(2)3)44-29-48(58)49(61-6)27-37(44)16-18-46(56)52(60)51(59)45(36)26-38/h8-9,11-12,19-20,24-25,27,29-32,34,36,38,42-43,45,47,52,57,60H,7,10,13-14,16,18,21-23,26,28H2,1-6H3,(H2-,53,54,58)/p+1/t34-,36+,38+,42-,43+,45-,47+,52-/m0/s1. The highest BCUT2D eigenvalue weighted by Gasteiger charge is 2.44. The Kier molecular flexibility index (Phi) is 15.5. The maximum Gasteiger partial charge on any atom is 0.177 e. The van der Waals surface area contributed by atoms with Gasteiger partial charge in [-0.15, -0.1) is 4.99 Å². The van der Waals surface area contributed by atoms with Crippen LogP contribution in [-0.2, 0) is 28.9 Å². The maximum absolute atomic E-state index is 14.8. The topological polar surface area (TPSA) is 155 Å². The summed E-state index contributed by atoms with van der Waals surface area (Å²) in [4.78, 5) is 37.6. The molecule has 5 N–H and O–H groups in total. The number of benzene rings is 2. The molecule has 2 aromatic carbocycles. The number of carbonyl (C=O) groups excluding carboxylic acids is 2. The Labute approximate surface area is 363 Å². The Bertz CT molecular complexity index is 2130. The van der Waals surface area contributed by atoms with Crippen LogP contribution >= 0.6 is 0 Å². The molecule has 1 aliphatic heterocycles. The van der Waals surface area contributed by atoms with Crippen LogP contribution in [0.4, 0.5) is 5.82 Å². The molecule has 0 spiro atoms. The number of phenolic OH excluding ortho intramolecular Hbond substituents is 1. The average Bonchev–Trinajstić information content (AvgIpc) is 3.63. The van der Waals surface area contributed by atoms with Gasteiger partial charge in [-0.05, 0) is 141 Å². The number of phenols is 1. The molecule has 61 heavy (non-hydrogen) atoms. The zero-order valence-corrected chi connectivity index (χ0v) is 36.9. The van der Waals surface area contributed by atoms with E-state index in [-0.39, 0.29) is 42.1 Å². The number of aryl methyl sites for hydroxylation is 2. The summed E-state index contributed by atoms with van der Waals surface area (Å²) in [6.45, 7) is 10.8. The number of aliphatic hydroxyl groups is 2. The number of methoxy groups -OCH3 is 1. The van der Waals surface area contributed by atoms with E-state index < -0.39 is 41.5 Å². The van der Waals surface area contributed by atoms with E-state index in [4.69, 9.17) is 10.5 Å². The summed E-state index contributed by atoms with van der Waals surface area (Å²) in [6.07, 6.45) is 9.46. The highest BCUT2D eigenvalue weighted by molar-refractivity contribution is 6.06. The number of aliphatic hydroxyl groups excluding tert-OH is 2. The third-order valence-electron chi connectivity index (χ3n) is 13.3. The fraction of sp³-hybridized carbons (Fsp3) is 0.519. The third-order valence-corrected chi connectivity index (χ3v) is 13.3. The van der Waals surface area contributed by atoms with E-state index in [1.54, 1.807) is 18.3 Å². The molecule has 9 heteroatoms. The van der Waals surface area contributed by atoms with Crippen LogP contribution in [0.3, 0.4) is 0 Å². The number of anilines is 1. The lowest BCUT2D eigenvalue weighted by molar-refractivity contribution is -0.142. The lowest BCUT2D eigenvalue weighted by atomic mass is 9.73. The quantitative estimate of drug-likeness (QED) is 0.0714. The van der Waals surface area contributed by atoms with Crippen LogP contribution in [0.1, 0.15) is 120 Å². The van der Waals surface area contributed by atoms with Crippen molar-refractivity contribution in [3.63, 3.8) is 0 Å². The molecule has 0 bridgehead atoms. The molecule has 9 nitrogen and oxygen atoms in total. The molecule has 3 aromatic rings. The number of carbonyl (C=O) groups is 2. The number of nitrogens with two attached hydrogens (primary N) is 1. The first kappa shape index (κ1) is 45.6. The highest BCUT2D eigenvalue weighted by Crippen LogP contribution is 2.45. The van der Waals surface area contributed by atoms with Gasteiger partial charge in [0.1, 0.15) is 24.0 Å². The van der Waals surface area contributed by atoms with Crippen molar-refractivity contribution in [1.29, 1.82) is 0 Å². The van der Waals surface area contributed by atoms with Crippen molar-refractivity contribution in [2.45, 2.75) is 123 Å². The second-order valence-electron chi connectivity index (χ2n) is 18.5. The van der Waals surface area contributed by atoms with Gasteiger partial charge in [0.25, 0.3) is 0 Å². The minimum atomic E-state index is -1.81. The molecule has 0 amide bonds. The van der Waals surface area contributed by atoms with Crippen molar-refractivity contribution < 1.29 is 29.6 Å². The number of hydrogen-bond donors (Lipinski definition) is 4. The second-order valence-corrected chi connectivity index (χ2v) is 18.5. The van der Waals surface area contributed by atoms with Gasteiger partial charge in [0.15, 0.2) is 34.9 Å². The molecular formula is C52H66N3O6+. The maximum atomic E-state index is 14.8. The number of rotatable bonds is 14. The van der Waals surface area contributed by atoms with E-state index in [9.17, 15) is 24.9 Å². The minimum Gasteiger partial charge on any atom is -0.504 e. The molecule has 6 rings (SSSR count). The van der Waals surface area contributed by atoms with E-state index in [2.05, 4.69) is 74.6 Å². The number of ketones is 2. The molecule has 3 aliphatic rings. The van der Waals surface area contributed by atoms with Gasteiger partial charge in [-0.3, -0.25) is 9.59 Å². The number of aliphatic imine (C=N–C) groups is 1. The molecule has 1 fully saturated rings. The summed E-state index contributed by atoms with van der Waals surface area (Å²) >= 11 is 0. The smallest absolute Gasteiger partial charge is 0.177 e. The molecule has 8 atom stereocenters. The largest absolute Gasteiger partial charge is 0.504 e. The van der Waals surface area contributed by atoms with Crippen LogP contribution in [0.5, 0.6) is 11.5 Å². The number of aromatic hydroxyl groups is 1. The Balaban J connectivity index is 1.50. The van der Waals surface area contributed by atoms with Gasteiger partial charge in [-0.2, -0.15) is 0 Å². The number of pyridine rings is 1. The Hall–Kier alpha value is -4.91. The van der Waals surface area contributed by atoms with Crippen molar-refractivity contribution in [3.8, 4) is 23.3 Å². The van der Waals surface area contributed by atoms with Crippen LogP contribution in [0.25, 0.3) is 0 Å². The van der Waals surface area contributed by atoms with Gasteiger partial charge >= 0.3 is 0 Å². The number of nitrogens with zero attached hydrogens (tertiary/aromatic N) is 2. The Morgan fingerprint density at radius 2 is 1.77 bits per heavy atom. The van der Waals surface area contributed by atoms with Crippen LogP contribution < -0.4 is 10.5 Å². The number of hydrogen-bond acceptors (Lipinski definition) is 9. The summed E-state index contributed by atoms with van der Waals surface area (Å²) in [5, 5.41) is 35.0. The predicted octanol–water partition coefficient (Wildman–Crippen LogP) is 8.80. The van der Waals surface area contributed by atoms with Crippen LogP contribution in [-0.4, -0.2) is 57.4 Å². The van der Waals surface area contributed by atoms with Crippen molar-refractivity contribution in [1.82, 2.24) is 4.98 Å². The van der Waals surface area contributed by atoms with E-state index in [1.807, 2.05) is 30.5 Å². The van der Waals surface area contributed by atoms with Crippen molar-refractivity contribution in [3.05, 3.63) is 100 Å². The molecule has 324 valence electrons. The fourth-order valence-electron chi connectivity index (χ4n) is 9.90. The van der Waals surface area contributed by atoms with Crippen LogP contribution in [0, 0.1) is 59.2 Å². The molecule has 1 saturated carbocycles. The first-order valence-electron chi connectivity index (χ1n) is 22.5. The molecule has 0 radical (unpaired) electrons. The Morgan fingerprint density at radius 1 is 0.984 bits per heavy atom. The van der Waals surface area contributed by atoms with Gasteiger partial charge in [0.05, 0.1) is 25.6 Å². The van der Waals surface area contributed by atoms with Crippen molar-refractivity contribution in [2.24, 2.45) is 46.4 Å². The van der Waals surface area contributed by atoms with Gasteiger partial charge in [-0.1, -0.05) is 63.3 Å². The zero-order chi connectivity index (χ0) is 43.8. The van der Waals surface area contributed by atoms with Gasteiger partial charge < -0.3 is 25.8 Å². The lowest BCUT2D eigenvalue weighted by Gasteiger charge is -2.33. The second kappa shape index (κ2) is 20.8. The molecule has 2 aliphatic carbocycles. The minimum absolute atomic E-state index is 0.0221. The normalized spacial score (nSPS) is 24.2. The predicted molar refractivity (Wildman–Crippen MR) is 242 cm³/mol. The molecule has 2 heterocycles. The van der Waals surface area contributed by atoms with E-state index in [0.717, 1.165) is 71.5 Å². The number of aromatic nitrogens is 1. The lowest BCUT2D eigenvalue weighted by Crippen LogP contribution is -2.39. The summed E-state index contributed by atoms with van der Waals surface area (Å²) in [6, 6.07) is 15.6. The number of fused-ring (bicyclic) bond motifs is 2. The number of ether oxygens (including phenoxy) is 1. The number of allylic oxidation sites excluding steroid dienone is 1. The summed E-state index contributed by atoms with van der Waals surface area (Å²) in [5.41, 5.74) is 11.8. The zero-order valence-electron chi connectivity index (χ0n) is 36.9. The van der Waals surface area contributed by atoms with E-state index in [0.29, 0.717) is 43.3 Å². The Morgan fingerprint density at radius 3 is 2.48 bits per heavy atom. The average molecular weight is 829 g/mol. The first-order valence-corrected chi connectivity index (χ1v) is 22.5. The first-order chi connectivity index (χ1) is 29.3. The fourth-order valence-corrected chi connectivity index (χ4v) is 9.90. The SMILES string of the molecule is CCC[C@@H]([C@@H]1C[C@@H](Cc2ccnc(N)c2)C[C@H]2C#C[C@H](c3ccccc3CCC(C)C)c3cc(O)c(OC)cc3CCC(=O)[C@H](O)C(=O)[C@H]2C1)[C@H](O)CC1=C[C+](C(C)C)C=N1. The molecule has 1 aromatic heterocycles. The van der Waals surface area contributed by atoms with Gasteiger partial charge in [-0.25, -0.2) is 4.98 Å². The summed E-state index contributed by atoms with van der Waals surface area (Å²) in [7, 11) is 1.49. The highest BCUT2D eigenvalue weighted by atomic mass is 16.5. The third kappa shape index (κ3) is 11.3.